The highest BCUT2D eigenvalue weighted by Gasteiger charge is 2.30. The number of nitro groups is 1. The van der Waals surface area contributed by atoms with Gasteiger partial charge in [0.25, 0.3) is 5.69 Å². The Kier molecular flexibility index (Phi) is 5.62. The average molecular weight is 413 g/mol. The summed E-state index contributed by atoms with van der Waals surface area (Å²) in [5.74, 6) is 0.885. The van der Waals surface area contributed by atoms with Gasteiger partial charge in [0.05, 0.1) is 10.5 Å². The minimum atomic E-state index is -0.478. The molecule has 1 aliphatic heterocycles. The molecule has 31 heavy (non-hydrogen) atoms. The van der Waals surface area contributed by atoms with Crippen LogP contribution in [0.4, 0.5) is 5.69 Å². The molecular weight excluding hydrogens is 394 g/mol. The van der Waals surface area contributed by atoms with Crippen molar-refractivity contribution < 1.29 is 19.2 Å². The number of carbonyl (C=O) groups excluding carboxylic acids is 1. The number of ketones is 1. The van der Waals surface area contributed by atoms with Crippen molar-refractivity contribution in [1.29, 1.82) is 0 Å². The predicted molar refractivity (Wildman–Crippen MR) is 118 cm³/mol. The van der Waals surface area contributed by atoms with Crippen molar-refractivity contribution in [2.45, 2.75) is 6.92 Å². The van der Waals surface area contributed by atoms with Crippen molar-refractivity contribution in [3.63, 3.8) is 0 Å². The molecule has 1 heterocycles. The van der Waals surface area contributed by atoms with Crippen LogP contribution in [0.5, 0.6) is 11.5 Å². The number of fused-ring (bicyclic) bond motifs is 1. The molecule has 6 heteroatoms. The number of aryl methyl sites for hydroxylation is 1. The van der Waals surface area contributed by atoms with E-state index in [-0.39, 0.29) is 17.2 Å². The van der Waals surface area contributed by atoms with Crippen LogP contribution in [0, 0.1) is 17.0 Å². The molecule has 0 N–H and O–H groups in total. The van der Waals surface area contributed by atoms with Gasteiger partial charge in [-0.1, -0.05) is 48.5 Å². The summed E-state index contributed by atoms with van der Waals surface area (Å²) >= 11 is 0. The van der Waals surface area contributed by atoms with Gasteiger partial charge in [0.15, 0.2) is 5.76 Å². The Morgan fingerprint density at radius 3 is 2.58 bits per heavy atom. The first-order chi connectivity index (χ1) is 15.0. The van der Waals surface area contributed by atoms with E-state index in [4.69, 9.17) is 9.47 Å². The third kappa shape index (κ3) is 4.53. The third-order valence-electron chi connectivity index (χ3n) is 4.78. The maximum atomic E-state index is 12.8. The van der Waals surface area contributed by atoms with Gasteiger partial charge in [-0.05, 0) is 41.8 Å². The van der Waals surface area contributed by atoms with Crippen LogP contribution in [-0.2, 0) is 0 Å². The molecule has 154 valence electrons. The molecule has 0 atom stereocenters. The highest BCUT2D eigenvalue weighted by molar-refractivity contribution is 6.15. The van der Waals surface area contributed by atoms with E-state index in [1.165, 1.54) is 18.2 Å². The molecule has 1 aliphatic rings. The first kappa shape index (κ1) is 20.1. The van der Waals surface area contributed by atoms with Gasteiger partial charge in [-0.15, -0.1) is 0 Å². The molecule has 0 amide bonds. The molecule has 3 aromatic rings. The van der Waals surface area contributed by atoms with E-state index >= 15 is 0 Å². The predicted octanol–water partition coefficient (Wildman–Crippen LogP) is 5.61. The van der Waals surface area contributed by atoms with Gasteiger partial charge in [-0.3, -0.25) is 14.9 Å². The van der Waals surface area contributed by atoms with Gasteiger partial charge in [0.1, 0.15) is 18.1 Å². The Hall–Kier alpha value is -4.19. The van der Waals surface area contributed by atoms with Crippen molar-refractivity contribution in [1.82, 2.24) is 0 Å². The summed E-state index contributed by atoms with van der Waals surface area (Å²) in [5.41, 5.74) is 2.77. The molecule has 0 fully saturated rings. The van der Waals surface area contributed by atoms with Gasteiger partial charge in [-0.2, -0.15) is 0 Å². The maximum absolute atomic E-state index is 12.8. The molecule has 0 aliphatic carbocycles. The summed E-state index contributed by atoms with van der Waals surface area (Å²) in [7, 11) is 0. The third-order valence-corrected chi connectivity index (χ3v) is 4.78. The first-order valence-corrected chi connectivity index (χ1v) is 9.69. The largest absolute Gasteiger partial charge is 0.489 e. The van der Waals surface area contributed by atoms with Crippen molar-refractivity contribution in [2.75, 3.05) is 6.61 Å². The number of carbonyl (C=O) groups is 1. The second kappa shape index (κ2) is 8.67. The van der Waals surface area contributed by atoms with Crippen LogP contribution in [-0.4, -0.2) is 17.3 Å². The van der Waals surface area contributed by atoms with Gasteiger partial charge >= 0.3 is 0 Å². The maximum Gasteiger partial charge on any atom is 0.270 e. The molecule has 0 spiro atoms. The first-order valence-electron chi connectivity index (χ1n) is 9.69. The van der Waals surface area contributed by atoms with Crippen molar-refractivity contribution in [3.05, 3.63) is 111 Å². The smallest absolute Gasteiger partial charge is 0.270 e. The fraction of sp³-hybridized carbons (Fsp3) is 0.0800. The SMILES string of the molecule is Cc1cc(OC/C=C/c2ccccc2)cc2c1C(=O)/C(=C/c1cccc([N+](=O)[O-])c1)O2. The lowest BCUT2D eigenvalue weighted by atomic mass is 10.0. The lowest BCUT2D eigenvalue weighted by molar-refractivity contribution is -0.384. The zero-order valence-corrected chi connectivity index (χ0v) is 16.8. The molecular formula is C25H19NO5. The number of nitrogens with zero attached hydrogens (tertiary/aromatic N) is 1. The van der Waals surface area contributed by atoms with Crippen LogP contribution in [0.15, 0.2) is 78.6 Å². The number of benzene rings is 3. The number of ether oxygens (including phenoxy) is 2. The number of Topliss-reactive ketones (excluding diaryl/α,β-unsaturated/α-hetero) is 1. The second-order valence-electron chi connectivity index (χ2n) is 7.03. The van der Waals surface area contributed by atoms with E-state index < -0.39 is 4.92 Å². The normalized spacial score (nSPS) is 14.0. The van der Waals surface area contributed by atoms with Crippen molar-refractivity contribution >= 4 is 23.6 Å². The van der Waals surface area contributed by atoms with E-state index in [1.807, 2.05) is 49.4 Å². The number of allylic oxidation sites excluding steroid dienone is 1. The summed E-state index contributed by atoms with van der Waals surface area (Å²) in [6, 6.07) is 19.4. The molecule has 0 saturated carbocycles. The number of hydrogen-bond acceptors (Lipinski definition) is 5. The van der Waals surface area contributed by atoms with Gasteiger partial charge in [0.2, 0.25) is 5.78 Å². The topological polar surface area (TPSA) is 78.7 Å². The van der Waals surface area contributed by atoms with E-state index in [9.17, 15) is 14.9 Å². The molecule has 4 rings (SSSR count). The molecule has 6 nitrogen and oxygen atoms in total. The van der Waals surface area contributed by atoms with E-state index in [0.29, 0.717) is 29.2 Å². The lowest BCUT2D eigenvalue weighted by Crippen LogP contribution is -2.00. The Balaban J connectivity index is 1.50. The summed E-state index contributed by atoms with van der Waals surface area (Å²) in [6.07, 6.45) is 5.40. The van der Waals surface area contributed by atoms with Gasteiger partial charge < -0.3 is 9.47 Å². The van der Waals surface area contributed by atoms with Crippen LogP contribution in [0.25, 0.3) is 12.2 Å². The van der Waals surface area contributed by atoms with Crippen LogP contribution in [0.1, 0.15) is 27.0 Å². The van der Waals surface area contributed by atoms with Crippen LogP contribution in [0.3, 0.4) is 0 Å². The monoisotopic (exact) mass is 413 g/mol. The highest BCUT2D eigenvalue weighted by atomic mass is 16.6. The molecule has 0 aromatic heterocycles. The van der Waals surface area contributed by atoms with Gasteiger partial charge in [-0.25, -0.2) is 0 Å². The fourth-order valence-electron chi connectivity index (χ4n) is 3.33. The zero-order valence-electron chi connectivity index (χ0n) is 16.8. The molecule has 3 aromatic carbocycles. The minimum Gasteiger partial charge on any atom is -0.489 e. The lowest BCUT2D eigenvalue weighted by Gasteiger charge is -2.07. The number of hydrogen-bond donors (Lipinski definition) is 0. The molecule has 0 saturated heterocycles. The number of nitro benzene ring substituents is 1. The van der Waals surface area contributed by atoms with E-state index in [1.54, 1.807) is 24.3 Å². The fourth-order valence-corrected chi connectivity index (χ4v) is 3.33. The van der Waals surface area contributed by atoms with Crippen molar-refractivity contribution in [2.24, 2.45) is 0 Å². The summed E-state index contributed by atoms with van der Waals surface area (Å²) in [4.78, 5) is 23.3. The van der Waals surface area contributed by atoms with E-state index in [2.05, 4.69) is 0 Å². The standard InChI is InChI=1S/C25H19NO5/c1-17-13-21(30-12-6-10-18-7-3-2-4-8-18)16-22-24(17)25(27)23(31-22)15-19-9-5-11-20(14-19)26(28)29/h2-11,13-16H,12H2,1H3/b10-6+,23-15-. The summed E-state index contributed by atoms with van der Waals surface area (Å²) in [6.45, 7) is 2.19. The van der Waals surface area contributed by atoms with Crippen LogP contribution >= 0.6 is 0 Å². The van der Waals surface area contributed by atoms with Crippen LogP contribution < -0.4 is 9.47 Å². The molecule has 0 unspecified atom stereocenters. The summed E-state index contributed by atoms with van der Waals surface area (Å²) in [5, 5.41) is 11.0. The minimum absolute atomic E-state index is 0.0484. The van der Waals surface area contributed by atoms with Crippen molar-refractivity contribution in [3.8, 4) is 11.5 Å². The quantitative estimate of drug-likeness (QED) is 0.298. The second-order valence-corrected chi connectivity index (χ2v) is 7.03. The highest BCUT2D eigenvalue weighted by Crippen LogP contribution is 2.37. The Bertz CT molecular complexity index is 1210. The number of rotatable bonds is 6. The van der Waals surface area contributed by atoms with Crippen LogP contribution in [0.2, 0.25) is 0 Å². The zero-order chi connectivity index (χ0) is 21.8. The van der Waals surface area contributed by atoms with E-state index in [0.717, 1.165) is 11.1 Å². The Morgan fingerprint density at radius 1 is 1.03 bits per heavy atom. The Morgan fingerprint density at radius 2 is 1.81 bits per heavy atom. The molecule has 0 bridgehead atoms. The molecule has 0 radical (unpaired) electrons. The van der Waals surface area contributed by atoms with Gasteiger partial charge in [0, 0.05) is 18.2 Å². The summed E-state index contributed by atoms with van der Waals surface area (Å²) < 4.78 is 11.6. The Labute approximate surface area is 179 Å². The number of non-ortho nitro benzene ring substituents is 1. The average Bonchev–Trinajstić information content (AvgIpc) is 3.07.